The average Bonchev–Trinajstić information content (AvgIpc) is 3.43. The van der Waals surface area contributed by atoms with Gasteiger partial charge in [0, 0.05) is 31.9 Å². The number of thiazole rings is 1. The summed E-state index contributed by atoms with van der Waals surface area (Å²) in [6, 6.07) is 10.5. The van der Waals surface area contributed by atoms with Gasteiger partial charge >= 0.3 is 6.09 Å². The largest absolute Gasteiger partial charge is 0.486 e. The van der Waals surface area contributed by atoms with Gasteiger partial charge < -0.3 is 29.6 Å². The van der Waals surface area contributed by atoms with Crippen molar-refractivity contribution in [2.75, 3.05) is 26.5 Å². The fourth-order valence-corrected chi connectivity index (χ4v) is 5.23. The zero-order valence-electron chi connectivity index (χ0n) is 24.7. The molecule has 0 bridgehead atoms. The van der Waals surface area contributed by atoms with Crippen molar-refractivity contribution in [2.45, 2.75) is 32.0 Å². The second kappa shape index (κ2) is 15.1. The number of nitrogens with zero attached hydrogens (tertiary/aromatic N) is 3. The van der Waals surface area contributed by atoms with Gasteiger partial charge in [-0.05, 0) is 49.2 Å². The van der Waals surface area contributed by atoms with E-state index in [1.165, 1.54) is 46.1 Å². The van der Waals surface area contributed by atoms with E-state index in [1.807, 2.05) is 6.07 Å². The number of likely N-dealkylation sites (N-methyl/N-ethyl adjacent to an activating group) is 1. The molecule has 2 N–H and O–H groups in total. The molecule has 0 fully saturated rings. The van der Waals surface area contributed by atoms with Crippen molar-refractivity contribution in [2.24, 2.45) is 0 Å². The number of rotatable bonds is 12. The van der Waals surface area contributed by atoms with E-state index in [-0.39, 0.29) is 36.9 Å². The minimum Gasteiger partial charge on any atom is -0.486 e. The quantitative estimate of drug-likeness (QED) is 0.219. The number of pyridine rings is 1. The Morgan fingerprint density at radius 2 is 1.93 bits per heavy atom. The summed E-state index contributed by atoms with van der Waals surface area (Å²) in [5, 5.41) is 5.63. The van der Waals surface area contributed by atoms with Crippen LogP contribution in [0.2, 0.25) is 0 Å². The molecule has 4 aromatic rings. The Hall–Kier alpha value is -5.11. The molecular weight excluding hydrogens is 608 g/mol. The molecule has 14 heteroatoms. The molecule has 2 heterocycles. The number of anilines is 1. The number of amides is 3. The van der Waals surface area contributed by atoms with E-state index in [1.54, 1.807) is 44.6 Å². The van der Waals surface area contributed by atoms with Gasteiger partial charge in [-0.25, -0.2) is 18.6 Å². The maximum Gasteiger partial charge on any atom is 0.407 e. The van der Waals surface area contributed by atoms with Crippen molar-refractivity contribution in [1.82, 2.24) is 19.8 Å². The summed E-state index contributed by atoms with van der Waals surface area (Å²) >= 11 is 1.33. The van der Waals surface area contributed by atoms with Crippen LogP contribution in [0.3, 0.4) is 0 Å². The van der Waals surface area contributed by atoms with Gasteiger partial charge in [0.05, 0.1) is 23.9 Å². The number of carbonyl (C=O) groups is 3. The van der Waals surface area contributed by atoms with Crippen LogP contribution in [0, 0.1) is 11.6 Å². The number of hydrogen-bond donors (Lipinski definition) is 2. The van der Waals surface area contributed by atoms with Crippen LogP contribution in [-0.2, 0) is 27.5 Å². The van der Waals surface area contributed by atoms with Crippen LogP contribution in [0.25, 0.3) is 10.2 Å². The standard InChI is InChI=1S/C31H31F2N5O6S/c1-37(2)27(39)12-5-4-9-23(36-31(42)43-3)29(40)35-24-11-7-15-38(30(24)41)17-26-34-22-10-6-8-19(28(22)45-26)18-44-25-14-13-20(32)16-21(25)33/h5-8,10-16,23H,4,9,17-18H2,1-3H3,(H,35,40)(H,36,42)/b12-5+/t23-/m0/s1. The third-order valence-electron chi connectivity index (χ3n) is 6.52. The predicted molar refractivity (Wildman–Crippen MR) is 165 cm³/mol. The topological polar surface area (TPSA) is 132 Å². The van der Waals surface area contributed by atoms with E-state index in [2.05, 4.69) is 20.4 Å². The molecule has 236 valence electrons. The van der Waals surface area contributed by atoms with Crippen molar-refractivity contribution >= 4 is 45.1 Å². The number of methoxy groups -OCH3 is 1. The summed E-state index contributed by atoms with van der Waals surface area (Å²) in [6.45, 7) is 0.120. The summed E-state index contributed by atoms with van der Waals surface area (Å²) in [6.07, 6.45) is 4.13. The minimum atomic E-state index is -1.04. The van der Waals surface area contributed by atoms with Crippen molar-refractivity contribution in [3.63, 3.8) is 0 Å². The van der Waals surface area contributed by atoms with E-state index >= 15 is 0 Å². The number of fused-ring (bicyclic) bond motifs is 1. The van der Waals surface area contributed by atoms with E-state index in [4.69, 9.17) is 4.74 Å². The molecule has 45 heavy (non-hydrogen) atoms. The lowest BCUT2D eigenvalue weighted by Crippen LogP contribution is -2.44. The van der Waals surface area contributed by atoms with Crippen molar-refractivity contribution < 1.29 is 32.6 Å². The lowest BCUT2D eigenvalue weighted by Gasteiger charge is -2.17. The van der Waals surface area contributed by atoms with Gasteiger partial charge in [-0.3, -0.25) is 14.4 Å². The smallest absolute Gasteiger partial charge is 0.407 e. The third kappa shape index (κ3) is 8.72. The van der Waals surface area contributed by atoms with Gasteiger partial charge in [0.2, 0.25) is 11.8 Å². The number of hydrogen-bond acceptors (Lipinski definition) is 8. The van der Waals surface area contributed by atoms with Crippen LogP contribution in [0.1, 0.15) is 23.4 Å². The molecule has 0 spiro atoms. The number of carbonyl (C=O) groups excluding carboxylic acids is 3. The van der Waals surface area contributed by atoms with Gasteiger partial charge in [-0.2, -0.15) is 0 Å². The lowest BCUT2D eigenvalue weighted by molar-refractivity contribution is -0.123. The summed E-state index contributed by atoms with van der Waals surface area (Å²) in [4.78, 5) is 56.0. The molecule has 1 atom stereocenters. The summed E-state index contributed by atoms with van der Waals surface area (Å²) in [5.74, 6) is -2.44. The zero-order valence-corrected chi connectivity index (χ0v) is 25.5. The van der Waals surface area contributed by atoms with Crippen LogP contribution in [0.5, 0.6) is 5.75 Å². The van der Waals surface area contributed by atoms with Gasteiger partial charge in [-0.15, -0.1) is 11.3 Å². The summed E-state index contributed by atoms with van der Waals surface area (Å²) < 4.78 is 39.6. The molecule has 0 saturated carbocycles. The molecule has 0 aliphatic rings. The number of aromatic nitrogens is 2. The van der Waals surface area contributed by atoms with Crippen LogP contribution in [0.15, 0.2) is 71.7 Å². The highest BCUT2D eigenvalue weighted by molar-refractivity contribution is 7.18. The number of ether oxygens (including phenoxy) is 2. The number of nitrogens with one attached hydrogen (secondary N) is 2. The second-order valence-electron chi connectivity index (χ2n) is 9.98. The van der Waals surface area contributed by atoms with Gasteiger partial charge in [0.1, 0.15) is 29.2 Å². The average molecular weight is 640 g/mol. The molecule has 0 radical (unpaired) electrons. The highest BCUT2D eigenvalue weighted by atomic mass is 32.1. The molecule has 4 rings (SSSR count). The highest BCUT2D eigenvalue weighted by Crippen LogP contribution is 2.28. The number of halogens is 2. The molecule has 0 aliphatic heterocycles. The van der Waals surface area contributed by atoms with Crippen LogP contribution in [-0.4, -0.2) is 59.6 Å². The number of alkyl carbamates (subject to hydrolysis) is 1. The Bertz CT molecular complexity index is 1790. The maximum atomic E-state index is 14.0. The fraction of sp³-hybridized carbons (Fsp3) is 0.258. The third-order valence-corrected chi connectivity index (χ3v) is 7.65. The van der Waals surface area contributed by atoms with Crippen molar-refractivity contribution in [3.05, 3.63) is 99.4 Å². The fourth-order valence-electron chi connectivity index (χ4n) is 4.17. The first kappa shape index (κ1) is 32.8. The first-order valence-electron chi connectivity index (χ1n) is 13.7. The zero-order chi connectivity index (χ0) is 32.5. The maximum absolute atomic E-state index is 14.0. The normalized spacial score (nSPS) is 11.8. The van der Waals surface area contributed by atoms with Crippen molar-refractivity contribution in [3.8, 4) is 5.75 Å². The van der Waals surface area contributed by atoms with Gasteiger partial charge in [0.25, 0.3) is 5.56 Å². The molecule has 3 amide bonds. The first-order chi connectivity index (χ1) is 21.5. The molecule has 0 aliphatic carbocycles. The van der Waals surface area contributed by atoms with Crippen LogP contribution >= 0.6 is 11.3 Å². The highest BCUT2D eigenvalue weighted by Gasteiger charge is 2.22. The Morgan fingerprint density at radius 3 is 2.67 bits per heavy atom. The van der Waals surface area contributed by atoms with E-state index in [9.17, 15) is 28.0 Å². The van der Waals surface area contributed by atoms with E-state index in [0.717, 1.165) is 22.4 Å². The van der Waals surface area contributed by atoms with E-state index in [0.29, 0.717) is 16.9 Å². The molecular formula is C31H31F2N5O6S. The van der Waals surface area contributed by atoms with Crippen LogP contribution in [0.4, 0.5) is 19.3 Å². The Kier molecular flexibility index (Phi) is 11.0. The molecule has 0 unspecified atom stereocenters. The van der Waals surface area contributed by atoms with Gasteiger partial charge in [0.15, 0.2) is 11.6 Å². The predicted octanol–water partition coefficient (Wildman–Crippen LogP) is 4.45. The Morgan fingerprint density at radius 1 is 1.13 bits per heavy atom. The summed E-state index contributed by atoms with van der Waals surface area (Å²) in [5.41, 5.74) is 0.896. The van der Waals surface area contributed by atoms with Gasteiger partial charge in [-0.1, -0.05) is 18.2 Å². The lowest BCUT2D eigenvalue weighted by atomic mass is 10.1. The van der Waals surface area contributed by atoms with Crippen LogP contribution < -0.4 is 20.9 Å². The Balaban J connectivity index is 1.47. The molecule has 2 aromatic carbocycles. The summed E-state index contributed by atoms with van der Waals surface area (Å²) in [7, 11) is 4.39. The monoisotopic (exact) mass is 639 g/mol. The molecule has 11 nitrogen and oxygen atoms in total. The minimum absolute atomic E-state index is 0.00554. The van der Waals surface area contributed by atoms with E-state index < -0.39 is 35.2 Å². The first-order valence-corrected chi connectivity index (χ1v) is 14.5. The molecule has 2 aromatic heterocycles. The number of allylic oxidation sites excluding steroid dienone is 1. The Labute approximate surface area is 261 Å². The number of benzene rings is 2. The second-order valence-corrected chi connectivity index (χ2v) is 11.1. The SMILES string of the molecule is COC(=O)N[C@@H](CC/C=C/C(=O)N(C)C)C(=O)Nc1cccn(Cc2nc3cccc(COc4ccc(F)cc4F)c3s2)c1=O. The van der Waals surface area contributed by atoms with Crippen molar-refractivity contribution in [1.29, 1.82) is 0 Å². The molecule has 0 saturated heterocycles.